The molecule has 1 aromatic carbocycles. The Labute approximate surface area is 339 Å². The number of fused-ring (bicyclic) bond motifs is 11. The van der Waals surface area contributed by atoms with Crippen molar-refractivity contribution in [2.24, 2.45) is 34.3 Å². The molecule has 7 aliphatic rings. The third kappa shape index (κ3) is 5.18. The van der Waals surface area contributed by atoms with Gasteiger partial charge in [0.15, 0.2) is 5.78 Å². The van der Waals surface area contributed by atoms with E-state index in [4.69, 9.17) is 10.5 Å². The largest absolute Gasteiger partial charge is 0.392 e. The maximum Gasteiger partial charge on any atom is 0.247 e. The average Bonchev–Trinajstić information content (AvgIpc) is 3.80. The van der Waals surface area contributed by atoms with E-state index in [0.29, 0.717) is 23.5 Å². The lowest BCUT2D eigenvalue weighted by atomic mass is 9.40. The first kappa shape index (κ1) is 39.2. The van der Waals surface area contributed by atoms with Crippen molar-refractivity contribution in [2.45, 2.75) is 167 Å². The molecule has 3 fully saturated rings. The SMILES string of the molecule is C=C(C)C1C(=O)c2c3c(cc4c5c(n1c24)C1(C)C(CCC2C(C)(/C=C/C=C(\C)C(=O)NC4CCCCC4N)C(O)CCC21C)C5)C1=CC(C)(C)OC(C)(C)C1C3O. The lowest BCUT2D eigenvalue weighted by molar-refractivity contribution is -0.144. The van der Waals surface area contributed by atoms with Crippen LogP contribution in [0.3, 0.4) is 0 Å². The zero-order valence-electron chi connectivity index (χ0n) is 35.7. The Morgan fingerprint density at radius 2 is 1.75 bits per heavy atom. The van der Waals surface area contributed by atoms with Crippen LogP contribution < -0.4 is 11.1 Å². The predicted octanol–water partition coefficient (Wildman–Crippen LogP) is 8.48. The number of aromatic nitrogens is 1. The minimum absolute atomic E-state index is 0.00429. The van der Waals surface area contributed by atoms with Gasteiger partial charge in [-0.05, 0) is 133 Å². The van der Waals surface area contributed by atoms with Gasteiger partial charge in [0.25, 0.3) is 0 Å². The molecule has 0 spiro atoms. The van der Waals surface area contributed by atoms with E-state index in [9.17, 15) is 19.8 Å². The Morgan fingerprint density at radius 1 is 1.04 bits per heavy atom. The molecule has 0 saturated heterocycles. The Bertz CT molecular complexity index is 2220. The van der Waals surface area contributed by atoms with Gasteiger partial charge in [-0.25, -0.2) is 0 Å². The van der Waals surface area contributed by atoms with E-state index in [0.717, 1.165) is 84.5 Å². The summed E-state index contributed by atoms with van der Waals surface area (Å²) in [5, 5.41) is 28.5. The monoisotopic (exact) mass is 775 g/mol. The summed E-state index contributed by atoms with van der Waals surface area (Å²) < 4.78 is 8.92. The summed E-state index contributed by atoms with van der Waals surface area (Å²) in [5.74, 6) is 0.223. The molecular weight excluding hydrogens is 711 g/mol. The van der Waals surface area contributed by atoms with Crippen LogP contribution in [0.15, 0.2) is 48.1 Å². The Hall–Kier alpha value is -3.30. The molecule has 3 heterocycles. The van der Waals surface area contributed by atoms with Gasteiger partial charge in [0, 0.05) is 51.0 Å². The molecule has 1 amide bonds. The molecule has 11 unspecified atom stereocenters. The molecule has 8 nitrogen and oxygen atoms in total. The number of nitrogens with zero attached hydrogens (tertiary/aromatic N) is 1. The number of aliphatic hydroxyl groups is 2. The molecule has 2 aliphatic heterocycles. The number of rotatable bonds is 5. The molecule has 11 atom stereocenters. The van der Waals surface area contributed by atoms with Crippen molar-refractivity contribution in [1.82, 2.24) is 9.88 Å². The highest BCUT2D eigenvalue weighted by atomic mass is 16.5. The van der Waals surface area contributed by atoms with E-state index in [2.05, 4.69) is 83.1 Å². The minimum atomic E-state index is -0.858. The lowest BCUT2D eigenvalue weighted by Crippen LogP contribution is -2.62. The van der Waals surface area contributed by atoms with E-state index in [1.54, 1.807) is 0 Å². The molecular formula is C49H65N3O5. The number of carbonyl (C=O) groups is 2. The van der Waals surface area contributed by atoms with Gasteiger partial charge in [0.2, 0.25) is 5.91 Å². The van der Waals surface area contributed by atoms with Crippen LogP contribution in [0.25, 0.3) is 16.5 Å². The highest BCUT2D eigenvalue weighted by Gasteiger charge is 2.68. The van der Waals surface area contributed by atoms with Crippen LogP contribution in [-0.2, 0) is 21.4 Å². The zero-order valence-corrected chi connectivity index (χ0v) is 35.7. The van der Waals surface area contributed by atoms with Gasteiger partial charge in [-0.1, -0.05) is 64.0 Å². The van der Waals surface area contributed by atoms with Crippen LogP contribution in [-0.4, -0.2) is 55.9 Å². The number of amides is 1. The Kier molecular flexibility index (Phi) is 8.67. The summed E-state index contributed by atoms with van der Waals surface area (Å²) >= 11 is 0. The van der Waals surface area contributed by atoms with Crippen LogP contribution in [0.2, 0.25) is 0 Å². The number of ether oxygens (including phenoxy) is 1. The number of nitrogens with one attached hydrogen (secondary N) is 1. The van der Waals surface area contributed by atoms with Crippen LogP contribution in [0, 0.1) is 28.6 Å². The number of benzene rings is 1. The third-order valence-electron chi connectivity index (χ3n) is 16.9. The van der Waals surface area contributed by atoms with Crippen molar-refractivity contribution in [3.8, 4) is 0 Å². The quantitative estimate of drug-likeness (QED) is 0.137. The third-order valence-corrected chi connectivity index (χ3v) is 16.9. The van der Waals surface area contributed by atoms with Gasteiger partial charge in [0.1, 0.15) is 6.04 Å². The molecule has 3 saturated carbocycles. The molecule has 2 aromatic rings. The van der Waals surface area contributed by atoms with Crippen LogP contribution in [0.5, 0.6) is 0 Å². The van der Waals surface area contributed by atoms with Crippen LogP contribution in [0.4, 0.5) is 0 Å². The van der Waals surface area contributed by atoms with Gasteiger partial charge in [0.05, 0.1) is 34.5 Å². The van der Waals surface area contributed by atoms with Crippen molar-refractivity contribution in [3.05, 3.63) is 76.0 Å². The summed E-state index contributed by atoms with van der Waals surface area (Å²) in [4.78, 5) is 28.2. The summed E-state index contributed by atoms with van der Waals surface area (Å²) in [6, 6.07) is 1.78. The second-order valence-corrected chi connectivity index (χ2v) is 21.1. The van der Waals surface area contributed by atoms with Crippen molar-refractivity contribution < 1.29 is 24.5 Å². The number of aliphatic hydroxyl groups excluding tert-OH is 2. The van der Waals surface area contributed by atoms with E-state index in [1.807, 2.05) is 26.0 Å². The molecule has 1 aromatic heterocycles. The second kappa shape index (κ2) is 12.6. The number of allylic oxidation sites excluding steroid dienone is 3. The number of carbonyl (C=O) groups excluding carboxylic acids is 2. The average molecular weight is 776 g/mol. The van der Waals surface area contributed by atoms with Gasteiger partial charge in [-0.15, -0.1) is 0 Å². The van der Waals surface area contributed by atoms with Gasteiger partial charge >= 0.3 is 0 Å². The summed E-state index contributed by atoms with van der Waals surface area (Å²) in [7, 11) is 0. The highest BCUT2D eigenvalue weighted by Crippen LogP contribution is 2.71. The molecule has 5 aliphatic carbocycles. The molecule has 0 radical (unpaired) electrons. The molecule has 8 heteroatoms. The first-order valence-electron chi connectivity index (χ1n) is 21.8. The molecule has 0 bridgehead atoms. The summed E-state index contributed by atoms with van der Waals surface area (Å²) in [5.41, 5.74) is 12.7. The highest BCUT2D eigenvalue weighted by molar-refractivity contribution is 6.18. The van der Waals surface area contributed by atoms with E-state index in [1.165, 1.54) is 11.3 Å². The van der Waals surface area contributed by atoms with Crippen molar-refractivity contribution >= 4 is 28.2 Å². The second-order valence-electron chi connectivity index (χ2n) is 21.1. The van der Waals surface area contributed by atoms with Crippen molar-refractivity contribution in [2.75, 3.05) is 0 Å². The maximum atomic E-state index is 15.0. The van der Waals surface area contributed by atoms with E-state index < -0.39 is 34.9 Å². The topological polar surface area (TPSA) is 127 Å². The summed E-state index contributed by atoms with van der Waals surface area (Å²) in [6.07, 6.45) is 15.4. The predicted molar refractivity (Wildman–Crippen MR) is 226 cm³/mol. The smallest absolute Gasteiger partial charge is 0.247 e. The fraction of sp³-hybridized carbons (Fsp3) is 0.633. The number of Topliss-reactive ketones (excluding diaryl/α,β-unsaturated/α-hetero) is 1. The van der Waals surface area contributed by atoms with Crippen LogP contribution >= 0.6 is 0 Å². The molecule has 9 rings (SSSR count). The maximum absolute atomic E-state index is 15.0. The molecule has 57 heavy (non-hydrogen) atoms. The number of hydrogen-bond acceptors (Lipinski definition) is 6. The van der Waals surface area contributed by atoms with E-state index in [-0.39, 0.29) is 46.4 Å². The zero-order chi connectivity index (χ0) is 40.9. The molecule has 5 N–H and O–H groups in total. The Balaban J connectivity index is 1.14. The van der Waals surface area contributed by atoms with Crippen molar-refractivity contribution in [3.63, 3.8) is 0 Å². The normalized spacial score (nSPS) is 40.0. The first-order chi connectivity index (χ1) is 26.7. The number of ketones is 1. The number of nitrogens with two attached hydrogens (primary N) is 1. The minimum Gasteiger partial charge on any atom is -0.392 e. The van der Waals surface area contributed by atoms with E-state index >= 15 is 0 Å². The molecule has 306 valence electrons. The van der Waals surface area contributed by atoms with Gasteiger partial charge in [-0.2, -0.15) is 0 Å². The van der Waals surface area contributed by atoms with Gasteiger partial charge in [-0.3, -0.25) is 9.59 Å². The van der Waals surface area contributed by atoms with Crippen LogP contribution in [0.1, 0.15) is 159 Å². The van der Waals surface area contributed by atoms with Gasteiger partial charge < -0.3 is 30.6 Å². The number of hydrogen-bond donors (Lipinski definition) is 4. The Morgan fingerprint density at radius 3 is 2.46 bits per heavy atom. The standard InChI is InChI=1S/C49H65N3O5/c1-25(2)39-42(55)37-36-28(31-24-45(4,5)57-46(6,7)38(31)41(36)54)23-29-30-22-27-17-18-34-47(8,20-13-14-26(3)44(56)51-33-16-12-11-15-32(33)50)35(53)19-21-48(34,9)49(27,10)43(30)52(39)40(29)37/h13-14,20,23-24,27,32-35,38-39,41,53-54H,1,11-12,15-19,21-22,50H2,2-10H3,(H,51,56)/b20-13+,26-14+. The fourth-order valence-electron chi connectivity index (χ4n) is 14.2. The first-order valence-corrected chi connectivity index (χ1v) is 21.8. The summed E-state index contributed by atoms with van der Waals surface area (Å²) in [6.45, 7) is 23.7. The lowest BCUT2D eigenvalue weighted by Gasteiger charge is -2.64. The van der Waals surface area contributed by atoms with Crippen molar-refractivity contribution in [1.29, 1.82) is 0 Å². The fourth-order valence-corrected chi connectivity index (χ4v) is 14.2.